The maximum atomic E-state index is 13.2. The van der Waals surface area contributed by atoms with Crippen LogP contribution < -0.4 is 4.90 Å². The van der Waals surface area contributed by atoms with Gasteiger partial charge in [0, 0.05) is 54.8 Å². The molecule has 1 aliphatic rings. The summed E-state index contributed by atoms with van der Waals surface area (Å²) >= 11 is 0. The minimum Gasteiger partial charge on any atom is -0.477 e. The number of hydrogen-bond acceptors (Lipinski definition) is 3. The van der Waals surface area contributed by atoms with Crippen molar-refractivity contribution in [1.29, 1.82) is 0 Å². The molecule has 8 heteroatoms. The molecule has 1 aromatic heterocycles. The minimum atomic E-state index is -1.01. The molecule has 1 aliphatic heterocycles. The lowest BCUT2D eigenvalue weighted by molar-refractivity contribution is 0.0686. The van der Waals surface area contributed by atoms with Crippen LogP contribution in [0.1, 0.15) is 40.6 Å². The average Bonchev–Trinajstić information content (AvgIpc) is 3.16. The molecule has 7 nitrogen and oxygen atoms in total. The van der Waals surface area contributed by atoms with Gasteiger partial charge in [0.1, 0.15) is 11.5 Å². The maximum Gasteiger partial charge on any atom is 0.352 e. The van der Waals surface area contributed by atoms with Gasteiger partial charge in [-0.2, -0.15) is 0 Å². The van der Waals surface area contributed by atoms with Crippen LogP contribution in [0.5, 0.6) is 0 Å². The summed E-state index contributed by atoms with van der Waals surface area (Å²) in [5, 5.41) is 10.1. The van der Waals surface area contributed by atoms with Gasteiger partial charge in [0.15, 0.2) is 5.78 Å². The lowest BCUT2D eigenvalue weighted by atomic mass is 9.88. The van der Waals surface area contributed by atoms with Crippen molar-refractivity contribution in [3.63, 3.8) is 0 Å². The number of aromatic nitrogens is 1. The van der Waals surface area contributed by atoms with Crippen LogP contribution in [0.3, 0.4) is 0 Å². The van der Waals surface area contributed by atoms with Gasteiger partial charge in [-0.25, -0.2) is 14.0 Å². The van der Waals surface area contributed by atoms with Gasteiger partial charge in [0.2, 0.25) is 0 Å². The molecule has 3 aromatic rings. The Balaban J connectivity index is 1.44. The standard InChI is InChI=1S/C25H26FN3O4/c1-3-29(20-8-6-19(26)7-9-20)25(33)28-12-10-16(11-13-28)23(30)18-5-4-17-14-22(24(31)32)27(2)21(17)15-18/h4-9,14-16H,3,10-13H2,1-2H3,(H,31,32). The summed E-state index contributed by atoms with van der Waals surface area (Å²) < 4.78 is 14.8. The molecule has 0 radical (unpaired) electrons. The first-order valence-corrected chi connectivity index (χ1v) is 11.0. The Labute approximate surface area is 191 Å². The molecular formula is C25H26FN3O4. The summed E-state index contributed by atoms with van der Waals surface area (Å²) in [4.78, 5) is 40.9. The van der Waals surface area contributed by atoms with Crippen molar-refractivity contribution < 1.29 is 23.9 Å². The van der Waals surface area contributed by atoms with Crippen molar-refractivity contribution in [3.8, 4) is 0 Å². The first kappa shape index (κ1) is 22.5. The Kier molecular flexibility index (Phi) is 6.18. The zero-order valence-corrected chi connectivity index (χ0v) is 18.6. The van der Waals surface area contributed by atoms with E-state index in [1.807, 2.05) is 6.92 Å². The van der Waals surface area contributed by atoms with Gasteiger partial charge < -0.3 is 14.6 Å². The number of carbonyl (C=O) groups is 3. The molecule has 1 saturated heterocycles. The SMILES string of the molecule is CCN(C(=O)N1CCC(C(=O)c2ccc3cc(C(=O)O)n(C)c3c2)CC1)c1ccc(F)cc1. The Morgan fingerprint density at radius 3 is 2.33 bits per heavy atom. The van der Waals surface area contributed by atoms with Crippen LogP contribution in [0.25, 0.3) is 10.9 Å². The molecule has 172 valence electrons. The molecule has 1 N–H and O–H groups in total. The predicted octanol–water partition coefficient (Wildman–Crippen LogP) is 4.56. The van der Waals surface area contributed by atoms with Gasteiger partial charge in [-0.3, -0.25) is 9.69 Å². The van der Waals surface area contributed by atoms with Gasteiger partial charge in [-0.15, -0.1) is 0 Å². The number of urea groups is 1. The van der Waals surface area contributed by atoms with E-state index in [-0.39, 0.29) is 29.2 Å². The summed E-state index contributed by atoms with van der Waals surface area (Å²) in [5.41, 5.74) is 2.05. The zero-order chi connectivity index (χ0) is 23.7. The number of aryl methyl sites for hydroxylation is 1. The lowest BCUT2D eigenvalue weighted by Crippen LogP contribution is -2.47. The molecule has 33 heavy (non-hydrogen) atoms. The molecule has 4 rings (SSSR count). The normalized spacial score (nSPS) is 14.5. The number of hydrogen-bond donors (Lipinski definition) is 1. The number of aromatic carboxylic acids is 1. The lowest BCUT2D eigenvalue weighted by Gasteiger charge is -2.35. The van der Waals surface area contributed by atoms with Crippen molar-refractivity contribution in [2.75, 3.05) is 24.5 Å². The number of carboxylic acids is 1. The van der Waals surface area contributed by atoms with Crippen LogP contribution in [-0.2, 0) is 7.05 Å². The number of anilines is 1. The quantitative estimate of drug-likeness (QED) is 0.577. The predicted molar refractivity (Wildman–Crippen MR) is 123 cm³/mol. The fourth-order valence-electron chi connectivity index (χ4n) is 4.48. The molecule has 0 spiro atoms. The van der Waals surface area contributed by atoms with Crippen molar-refractivity contribution in [2.24, 2.45) is 13.0 Å². The second-order valence-corrected chi connectivity index (χ2v) is 8.30. The number of likely N-dealkylation sites (tertiary alicyclic amines) is 1. The molecule has 1 fully saturated rings. The van der Waals surface area contributed by atoms with Gasteiger partial charge in [-0.1, -0.05) is 12.1 Å². The summed E-state index contributed by atoms with van der Waals surface area (Å²) in [6.45, 7) is 3.25. The second kappa shape index (κ2) is 9.05. The average molecular weight is 451 g/mol. The van der Waals surface area contributed by atoms with Crippen molar-refractivity contribution in [3.05, 3.63) is 65.6 Å². The van der Waals surface area contributed by atoms with Crippen LogP contribution in [0.4, 0.5) is 14.9 Å². The third-order valence-corrected chi connectivity index (χ3v) is 6.37. The van der Waals surface area contributed by atoms with E-state index < -0.39 is 5.97 Å². The van der Waals surface area contributed by atoms with Crippen LogP contribution in [0.2, 0.25) is 0 Å². The highest BCUT2D eigenvalue weighted by Gasteiger charge is 2.30. The fourth-order valence-corrected chi connectivity index (χ4v) is 4.48. The van der Waals surface area contributed by atoms with E-state index in [1.165, 1.54) is 12.1 Å². The molecule has 2 aromatic carbocycles. The number of nitrogens with zero attached hydrogens (tertiary/aromatic N) is 3. The number of halogens is 1. The largest absolute Gasteiger partial charge is 0.477 e. The molecule has 0 saturated carbocycles. The maximum absolute atomic E-state index is 13.2. The van der Waals surface area contributed by atoms with Gasteiger partial charge in [0.25, 0.3) is 0 Å². The number of fused-ring (bicyclic) bond motifs is 1. The zero-order valence-electron chi connectivity index (χ0n) is 18.6. The molecular weight excluding hydrogens is 425 g/mol. The first-order chi connectivity index (χ1) is 15.8. The van der Waals surface area contributed by atoms with Gasteiger partial charge >= 0.3 is 12.0 Å². The highest BCUT2D eigenvalue weighted by Crippen LogP contribution is 2.27. The Morgan fingerprint density at radius 2 is 1.73 bits per heavy atom. The summed E-state index contributed by atoms with van der Waals surface area (Å²) in [6.07, 6.45) is 1.11. The number of carbonyl (C=O) groups excluding carboxylic acids is 2. The number of benzene rings is 2. The molecule has 0 atom stereocenters. The first-order valence-electron chi connectivity index (χ1n) is 11.0. The van der Waals surface area contributed by atoms with E-state index in [0.717, 1.165) is 5.39 Å². The van der Waals surface area contributed by atoms with E-state index in [1.54, 1.807) is 57.8 Å². The van der Waals surface area contributed by atoms with Crippen LogP contribution in [0, 0.1) is 11.7 Å². The van der Waals surface area contributed by atoms with Crippen LogP contribution in [0.15, 0.2) is 48.5 Å². The van der Waals surface area contributed by atoms with Gasteiger partial charge in [0.05, 0.1) is 0 Å². The van der Waals surface area contributed by atoms with Gasteiger partial charge in [-0.05, 0) is 56.2 Å². The summed E-state index contributed by atoms with van der Waals surface area (Å²) in [5.74, 6) is -1.56. The van der Waals surface area contributed by atoms with E-state index in [9.17, 15) is 23.9 Å². The molecule has 0 aliphatic carbocycles. The monoisotopic (exact) mass is 451 g/mol. The molecule has 0 unspecified atom stereocenters. The fraction of sp³-hybridized carbons (Fsp3) is 0.320. The smallest absolute Gasteiger partial charge is 0.352 e. The van der Waals surface area contributed by atoms with E-state index >= 15 is 0 Å². The molecule has 0 bridgehead atoms. The third-order valence-electron chi connectivity index (χ3n) is 6.37. The Bertz CT molecular complexity index is 1210. The van der Waals surface area contributed by atoms with Crippen molar-refractivity contribution >= 4 is 34.4 Å². The number of Topliss-reactive ketones (excluding diaryl/α,β-unsaturated/α-hetero) is 1. The van der Waals surface area contributed by atoms with E-state index in [2.05, 4.69) is 0 Å². The number of rotatable bonds is 5. The Hall–Kier alpha value is -3.68. The van der Waals surface area contributed by atoms with Crippen LogP contribution in [-0.4, -0.2) is 52.0 Å². The highest BCUT2D eigenvalue weighted by atomic mass is 19.1. The van der Waals surface area contributed by atoms with Crippen molar-refractivity contribution in [2.45, 2.75) is 19.8 Å². The molecule has 2 amide bonds. The van der Waals surface area contributed by atoms with Crippen LogP contribution >= 0.6 is 0 Å². The van der Waals surface area contributed by atoms with Crippen molar-refractivity contribution in [1.82, 2.24) is 9.47 Å². The summed E-state index contributed by atoms with van der Waals surface area (Å²) in [6, 6.07) is 12.5. The molecule has 2 heterocycles. The third kappa shape index (κ3) is 4.33. The number of piperidine rings is 1. The topological polar surface area (TPSA) is 82.8 Å². The number of amides is 2. The minimum absolute atomic E-state index is 0.00737. The highest BCUT2D eigenvalue weighted by molar-refractivity contribution is 6.02. The number of ketones is 1. The second-order valence-electron chi connectivity index (χ2n) is 8.30. The number of carboxylic acid groups (broad SMARTS) is 1. The van der Waals surface area contributed by atoms with E-state index in [4.69, 9.17) is 0 Å². The van der Waals surface area contributed by atoms with E-state index in [0.29, 0.717) is 49.2 Å². The Morgan fingerprint density at radius 1 is 1.06 bits per heavy atom. The summed E-state index contributed by atoms with van der Waals surface area (Å²) in [7, 11) is 1.67.